The van der Waals surface area contributed by atoms with Gasteiger partial charge in [0, 0.05) is 17.8 Å². The number of amides is 1. The van der Waals surface area contributed by atoms with Crippen molar-refractivity contribution in [3.05, 3.63) is 70.0 Å². The zero-order valence-corrected chi connectivity index (χ0v) is 12.4. The quantitative estimate of drug-likeness (QED) is 0.498. The second kappa shape index (κ2) is 7.82. The molecule has 2 aromatic carbocycles. The Kier molecular flexibility index (Phi) is 5.56. The van der Waals surface area contributed by atoms with Crippen LogP contribution in [0.4, 0.5) is 15.8 Å². The molecule has 0 atom stereocenters. The minimum atomic E-state index is -0.685. The number of halogens is 1. The molecule has 1 N–H and O–H groups in total. The minimum Gasteiger partial charge on any atom is -0.455 e. The van der Waals surface area contributed by atoms with Crippen LogP contribution >= 0.6 is 0 Å². The lowest BCUT2D eigenvalue weighted by Crippen LogP contribution is -2.21. The van der Waals surface area contributed by atoms with Crippen LogP contribution in [0.25, 0.3) is 0 Å². The number of esters is 1. The molecule has 0 aliphatic carbocycles. The number of carbonyl (C=O) groups is 2. The highest BCUT2D eigenvalue weighted by Gasteiger charge is 2.11. The van der Waals surface area contributed by atoms with Gasteiger partial charge in [0.25, 0.3) is 11.6 Å². The Morgan fingerprint density at radius 2 is 1.92 bits per heavy atom. The summed E-state index contributed by atoms with van der Waals surface area (Å²) in [5.74, 6) is -1.79. The smallest absolute Gasteiger partial charge is 0.310 e. The van der Waals surface area contributed by atoms with E-state index in [1.54, 1.807) is 6.07 Å². The molecule has 0 aliphatic rings. The van der Waals surface area contributed by atoms with E-state index < -0.39 is 29.2 Å². The molecule has 24 heavy (non-hydrogen) atoms. The molecule has 1 amide bonds. The van der Waals surface area contributed by atoms with Gasteiger partial charge < -0.3 is 10.1 Å². The van der Waals surface area contributed by atoms with Gasteiger partial charge in [-0.1, -0.05) is 18.2 Å². The van der Waals surface area contributed by atoms with Gasteiger partial charge in [0.05, 0.1) is 11.3 Å². The van der Waals surface area contributed by atoms with Gasteiger partial charge in [-0.3, -0.25) is 19.7 Å². The van der Waals surface area contributed by atoms with E-state index in [1.165, 1.54) is 42.5 Å². The van der Waals surface area contributed by atoms with E-state index >= 15 is 0 Å². The fraction of sp³-hybridized carbons (Fsp3) is 0.125. The van der Waals surface area contributed by atoms with E-state index in [1.807, 2.05) is 0 Å². The molecule has 8 heteroatoms. The fourth-order valence-electron chi connectivity index (χ4n) is 1.90. The number of carbonyl (C=O) groups excluding carboxylic acids is 2. The Labute approximate surface area is 136 Å². The number of nitro benzene ring substituents is 1. The summed E-state index contributed by atoms with van der Waals surface area (Å²) in [6.07, 6.45) is -0.165. The van der Waals surface area contributed by atoms with Crippen LogP contribution in [0.5, 0.6) is 0 Å². The third-order valence-electron chi connectivity index (χ3n) is 2.94. The van der Waals surface area contributed by atoms with Crippen molar-refractivity contribution in [3.8, 4) is 0 Å². The van der Waals surface area contributed by atoms with Crippen molar-refractivity contribution in [2.75, 3.05) is 11.9 Å². The highest BCUT2D eigenvalue weighted by atomic mass is 19.1. The molecule has 0 fully saturated rings. The summed E-state index contributed by atoms with van der Waals surface area (Å²) < 4.78 is 17.8. The second-order valence-corrected chi connectivity index (χ2v) is 4.82. The van der Waals surface area contributed by atoms with Crippen LogP contribution < -0.4 is 5.32 Å². The molecule has 0 unspecified atom stereocenters. The van der Waals surface area contributed by atoms with Gasteiger partial charge in [-0.15, -0.1) is 0 Å². The summed E-state index contributed by atoms with van der Waals surface area (Å²) >= 11 is 0. The molecule has 7 nitrogen and oxygen atoms in total. The molecule has 0 radical (unpaired) electrons. The third kappa shape index (κ3) is 5.16. The summed E-state index contributed by atoms with van der Waals surface area (Å²) in [6, 6.07) is 10.8. The average molecular weight is 332 g/mol. The molecule has 124 valence electrons. The van der Waals surface area contributed by atoms with E-state index in [0.717, 1.165) is 0 Å². The highest BCUT2D eigenvalue weighted by Crippen LogP contribution is 2.16. The van der Waals surface area contributed by atoms with E-state index in [-0.39, 0.29) is 17.8 Å². The van der Waals surface area contributed by atoms with Crippen LogP contribution in [0.1, 0.15) is 5.56 Å². The SMILES string of the molecule is O=C(COC(=O)Cc1cccc(F)c1)Nc1cccc([N+](=O)[O-])c1. The van der Waals surface area contributed by atoms with Gasteiger partial charge in [0.1, 0.15) is 5.82 Å². The Morgan fingerprint density at radius 1 is 1.17 bits per heavy atom. The molecule has 0 heterocycles. The van der Waals surface area contributed by atoms with Crippen LogP contribution in [0.2, 0.25) is 0 Å². The number of ether oxygens (including phenoxy) is 1. The number of non-ortho nitro benzene ring substituents is 1. The Hall–Kier alpha value is -3.29. The molecule has 2 aromatic rings. The van der Waals surface area contributed by atoms with Gasteiger partial charge in [-0.25, -0.2) is 4.39 Å². The van der Waals surface area contributed by atoms with Gasteiger partial charge >= 0.3 is 5.97 Å². The number of benzene rings is 2. The van der Waals surface area contributed by atoms with Crippen LogP contribution in [0.3, 0.4) is 0 Å². The highest BCUT2D eigenvalue weighted by molar-refractivity contribution is 5.93. The Bertz CT molecular complexity index is 779. The second-order valence-electron chi connectivity index (χ2n) is 4.82. The van der Waals surface area contributed by atoms with Crippen molar-refractivity contribution in [1.29, 1.82) is 0 Å². The fourth-order valence-corrected chi connectivity index (χ4v) is 1.90. The first-order valence-electron chi connectivity index (χ1n) is 6.88. The molecule has 0 aliphatic heterocycles. The first-order chi connectivity index (χ1) is 11.4. The van der Waals surface area contributed by atoms with Gasteiger partial charge in [-0.2, -0.15) is 0 Å². The predicted molar refractivity (Wildman–Crippen MR) is 82.8 cm³/mol. The lowest BCUT2D eigenvalue weighted by molar-refractivity contribution is -0.384. The number of hydrogen-bond acceptors (Lipinski definition) is 5. The minimum absolute atomic E-state index is 0.165. The van der Waals surface area contributed by atoms with Crippen molar-refractivity contribution in [2.24, 2.45) is 0 Å². The third-order valence-corrected chi connectivity index (χ3v) is 2.94. The van der Waals surface area contributed by atoms with Crippen molar-refractivity contribution in [2.45, 2.75) is 6.42 Å². The Balaban J connectivity index is 1.83. The number of nitrogens with one attached hydrogen (secondary N) is 1. The topological polar surface area (TPSA) is 98.5 Å². The maximum absolute atomic E-state index is 13.0. The first kappa shape index (κ1) is 17.1. The molecular weight excluding hydrogens is 319 g/mol. The first-order valence-corrected chi connectivity index (χ1v) is 6.88. The average Bonchev–Trinajstić information content (AvgIpc) is 2.53. The van der Waals surface area contributed by atoms with Crippen molar-refractivity contribution in [3.63, 3.8) is 0 Å². The molecule has 0 aromatic heterocycles. The number of nitro groups is 1. The van der Waals surface area contributed by atoms with E-state index in [9.17, 15) is 24.1 Å². The standard InChI is InChI=1S/C16H13FN2O5/c17-12-4-1-3-11(7-12)8-16(21)24-10-15(20)18-13-5-2-6-14(9-13)19(22)23/h1-7,9H,8,10H2,(H,18,20). The predicted octanol–water partition coefficient (Wildman–Crippen LogP) is 2.46. The van der Waals surface area contributed by atoms with Gasteiger partial charge in [0.2, 0.25) is 0 Å². The number of hydrogen-bond donors (Lipinski definition) is 1. The maximum atomic E-state index is 13.0. The normalized spacial score (nSPS) is 10.0. The zero-order valence-electron chi connectivity index (χ0n) is 12.4. The molecule has 0 bridgehead atoms. The van der Waals surface area contributed by atoms with Crippen molar-refractivity contribution in [1.82, 2.24) is 0 Å². The lowest BCUT2D eigenvalue weighted by atomic mass is 10.1. The molecule has 0 saturated carbocycles. The number of nitrogens with zero attached hydrogens (tertiary/aromatic N) is 1. The van der Waals surface area contributed by atoms with E-state index in [4.69, 9.17) is 4.74 Å². The lowest BCUT2D eigenvalue weighted by Gasteiger charge is -2.07. The van der Waals surface area contributed by atoms with Crippen molar-refractivity contribution >= 4 is 23.3 Å². The summed E-state index contributed by atoms with van der Waals surface area (Å²) in [4.78, 5) is 33.4. The monoisotopic (exact) mass is 332 g/mol. The van der Waals surface area contributed by atoms with E-state index in [0.29, 0.717) is 5.56 Å². The van der Waals surface area contributed by atoms with Crippen LogP contribution in [0.15, 0.2) is 48.5 Å². The van der Waals surface area contributed by atoms with Crippen molar-refractivity contribution < 1.29 is 23.6 Å². The largest absolute Gasteiger partial charge is 0.455 e. The molecular formula is C16H13FN2O5. The van der Waals surface area contributed by atoms with Crippen LogP contribution in [0, 0.1) is 15.9 Å². The summed E-state index contributed by atoms with van der Waals surface area (Å²) in [6.45, 7) is -0.545. The summed E-state index contributed by atoms with van der Waals surface area (Å²) in [7, 11) is 0. The number of rotatable bonds is 6. The van der Waals surface area contributed by atoms with Gasteiger partial charge in [-0.05, 0) is 23.8 Å². The summed E-state index contributed by atoms with van der Waals surface area (Å²) in [5.41, 5.74) is 0.477. The molecule has 0 spiro atoms. The van der Waals surface area contributed by atoms with Crippen LogP contribution in [-0.4, -0.2) is 23.4 Å². The van der Waals surface area contributed by atoms with E-state index in [2.05, 4.69) is 5.32 Å². The molecule has 0 saturated heterocycles. The Morgan fingerprint density at radius 3 is 2.62 bits per heavy atom. The zero-order chi connectivity index (χ0) is 17.5. The van der Waals surface area contributed by atoms with Gasteiger partial charge in [0.15, 0.2) is 6.61 Å². The van der Waals surface area contributed by atoms with Crippen LogP contribution in [-0.2, 0) is 20.7 Å². The maximum Gasteiger partial charge on any atom is 0.310 e. The molecule has 2 rings (SSSR count). The number of anilines is 1. The summed E-state index contributed by atoms with van der Waals surface area (Å²) in [5, 5.41) is 13.0.